The van der Waals surface area contributed by atoms with Gasteiger partial charge in [-0.05, 0) is 30.4 Å². The summed E-state index contributed by atoms with van der Waals surface area (Å²) in [4.78, 5) is 0. The molecule has 0 bridgehead atoms. The Bertz CT molecular complexity index is 418. The molecule has 0 aliphatic heterocycles. The predicted molar refractivity (Wildman–Crippen MR) is 71.8 cm³/mol. The minimum atomic E-state index is -0.226. The smallest absolute Gasteiger partial charge is 0.127 e. The van der Waals surface area contributed by atoms with Crippen molar-refractivity contribution in [3.8, 4) is 5.75 Å². The Hall–Kier alpha value is -0.730. The molecule has 1 aromatic rings. The van der Waals surface area contributed by atoms with Gasteiger partial charge in [-0.15, -0.1) is 0 Å². The number of rotatable bonds is 2. The number of nitrogens with two attached hydrogens (primary N) is 1. The van der Waals surface area contributed by atoms with Crippen molar-refractivity contribution < 1.29 is 4.74 Å². The molecule has 1 aliphatic rings. The molecule has 1 saturated carbocycles. The van der Waals surface area contributed by atoms with Crippen LogP contribution in [-0.2, 0) is 11.0 Å². The molecular weight excluding hydrogens is 234 g/mol. The molecule has 17 heavy (non-hydrogen) atoms. The summed E-state index contributed by atoms with van der Waals surface area (Å²) in [7, 11) is 1.70. The van der Waals surface area contributed by atoms with Crippen LogP contribution >= 0.6 is 11.6 Å². The number of hydrogen-bond donors (Lipinski definition) is 1. The predicted octanol–water partition coefficient (Wildman–Crippen LogP) is 3.59. The summed E-state index contributed by atoms with van der Waals surface area (Å²) in [6.45, 7) is 6.46. The number of methoxy groups -OCH3 is 1. The fourth-order valence-electron chi connectivity index (χ4n) is 2.14. The number of benzene rings is 1. The SMILES string of the molecule is COc1c(C(C)(C)C)cc(Cl)cc1C1(N)CC1. The Morgan fingerprint density at radius 3 is 2.29 bits per heavy atom. The molecule has 0 radical (unpaired) electrons. The topological polar surface area (TPSA) is 35.2 Å². The molecule has 2 rings (SSSR count). The van der Waals surface area contributed by atoms with Crippen LogP contribution in [-0.4, -0.2) is 7.11 Å². The van der Waals surface area contributed by atoms with Gasteiger partial charge in [-0.3, -0.25) is 0 Å². The maximum atomic E-state index is 6.29. The second-order valence-electron chi connectivity index (χ2n) is 5.94. The van der Waals surface area contributed by atoms with Crippen molar-refractivity contribution in [2.45, 2.75) is 44.6 Å². The highest BCUT2D eigenvalue weighted by atomic mass is 35.5. The van der Waals surface area contributed by atoms with Gasteiger partial charge in [0.05, 0.1) is 7.11 Å². The number of halogens is 1. The molecule has 1 aliphatic carbocycles. The summed E-state index contributed by atoms with van der Waals surface area (Å²) in [5.74, 6) is 0.905. The molecule has 2 N–H and O–H groups in total. The van der Waals surface area contributed by atoms with Gasteiger partial charge >= 0.3 is 0 Å². The van der Waals surface area contributed by atoms with Gasteiger partial charge < -0.3 is 10.5 Å². The first-order valence-corrected chi connectivity index (χ1v) is 6.33. The normalized spacial score (nSPS) is 18.0. The molecule has 94 valence electrons. The lowest BCUT2D eigenvalue weighted by Crippen LogP contribution is -2.22. The summed E-state index contributed by atoms with van der Waals surface area (Å²) in [6, 6.07) is 3.93. The molecule has 0 aromatic heterocycles. The van der Waals surface area contributed by atoms with E-state index in [2.05, 4.69) is 20.8 Å². The van der Waals surface area contributed by atoms with Crippen LogP contribution < -0.4 is 10.5 Å². The zero-order valence-corrected chi connectivity index (χ0v) is 11.7. The Balaban J connectivity index is 2.64. The van der Waals surface area contributed by atoms with Crippen molar-refractivity contribution in [3.05, 3.63) is 28.3 Å². The molecular formula is C14H20ClNO. The van der Waals surface area contributed by atoms with E-state index in [1.54, 1.807) is 7.11 Å². The van der Waals surface area contributed by atoms with Gasteiger partial charge in [0.2, 0.25) is 0 Å². The van der Waals surface area contributed by atoms with Crippen LogP contribution in [0.1, 0.15) is 44.7 Å². The van der Waals surface area contributed by atoms with Crippen LogP contribution in [0.2, 0.25) is 5.02 Å². The Kier molecular flexibility index (Phi) is 2.91. The van der Waals surface area contributed by atoms with E-state index in [4.69, 9.17) is 22.1 Å². The largest absolute Gasteiger partial charge is 0.496 e. The fraction of sp³-hybridized carbons (Fsp3) is 0.571. The van der Waals surface area contributed by atoms with Gasteiger partial charge in [-0.1, -0.05) is 32.4 Å². The van der Waals surface area contributed by atoms with Crippen molar-refractivity contribution in [1.82, 2.24) is 0 Å². The second-order valence-corrected chi connectivity index (χ2v) is 6.38. The Labute approximate surface area is 108 Å². The third-order valence-corrected chi connectivity index (χ3v) is 3.61. The van der Waals surface area contributed by atoms with Gasteiger partial charge in [0.15, 0.2) is 0 Å². The van der Waals surface area contributed by atoms with E-state index < -0.39 is 0 Å². The number of hydrogen-bond acceptors (Lipinski definition) is 2. The van der Waals surface area contributed by atoms with E-state index in [9.17, 15) is 0 Å². The van der Waals surface area contributed by atoms with E-state index in [1.165, 1.54) is 0 Å². The third kappa shape index (κ3) is 2.29. The van der Waals surface area contributed by atoms with Crippen molar-refractivity contribution in [2.24, 2.45) is 5.73 Å². The van der Waals surface area contributed by atoms with E-state index in [0.29, 0.717) is 0 Å². The second kappa shape index (κ2) is 3.89. The Morgan fingerprint density at radius 1 is 1.29 bits per heavy atom. The van der Waals surface area contributed by atoms with E-state index in [0.717, 1.165) is 34.7 Å². The fourth-order valence-corrected chi connectivity index (χ4v) is 2.36. The lowest BCUT2D eigenvalue weighted by molar-refractivity contribution is 0.387. The first-order valence-electron chi connectivity index (χ1n) is 5.95. The van der Waals surface area contributed by atoms with Crippen molar-refractivity contribution in [1.29, 1.82) is 0 Å². The summed E-state index contributed by atoms with van der Waals surface area (Å²) >= 11 is 6.21. The molecule has 1 fully saturated rings. The lowest BCUT2D eigenvalue weighted by Gasteiger charge is -2.26. The van der Waals surface area contributed by atoms with Gasteiger partial charge in [0.25, 0.3) is 0 Å². The van der Waals surface area contributed by atoms with Crippen LogP contribution in [0, 0.1) is 0 Å². The molecule has 0 amide bonds. The van der Waals surface area contributed by atoms with Crippen LogP contribution in [0.3, 0.4) is 0 Å². The van der Waals surface area contributed by atoms with E-state index in [-0.39, 0.29) is 11.0 Å². The summed E-state index contributed by atoms with van der Waals surface area (Å²) < 4.78 is 5.59. The first-order chi connectivity index (χ1) is 7.78. The maximum Gasteiger partial charge on any atom is 0.127 e. The van der Waals surface area contributed by atoms with E-state index >= 15 is 0 Å². The number of ether oxygens (including phenoxy) is 1. The molecule has 0 spiro atoms. The average Bonchev–Trinajstić information content (AvgIpc) is 2.95. The minimum absolute atomic E-state index is 0.00373. The van der Waals surface area contributed by atoms with Gasteiger partial charge in [-0.25, -0.2) is 0 Å². The van der Waals surface area contributed by atoms with Gasteiger partial charge in [0.1, 0.15) is 5.75 Å². The molecule has 1 aromatic carbocycles. The Morgan fingerprint density at radius 2 is 1.88 bits per heavy atom. The highest BCUT2D eigenvalue weighted by Crippen LogP contribution is 2.50. The van der Waals surface area contributed by atoms with E-state index in [1.807, 2.05) is 12.1 Å². The molecule has 3 heteroatoms. The van der Waals surface area contributed by atoms with Crippen molar-refractivity contribution in [3.63, 3.8) is 0 Å². The quantitative estimate of drug-likeness (QED) is 0.874. The monoisotopic (exact) mass is 253 g/mol. The van der Waals surface area contributed by atoms with Crippen molar-refractivity contribution >= 4 is 11.6 Å². The first kappa shape index (κ1) is 12.7. The lowest BCUT2D eigenvalue weighted by atomic mass is 9.84. The van der Waals surface area contributed by atoms with Crippen LogP contribution in [0.25, 0.3) is 0 Å². The minimum Gasteiger partial charge on any atom is -0.496 e. The maximum absolute atomic E-state index is 6.29. The van der Waals surface area contributed by atoms with Gasteiger partial charge in [-0.2, -0.15) is 0 Å². The molecule has 0 unspecified atom stereocenters. The highest BCUT2D eigenvalue weighted by Gasteiger charge is 2.43. The molecule has 0 heterocycles. The summed E-state index contributed by atoms with van der Waals surface area (Å²) in [6.07, 6.45) is 2.01. The zero-order valence-electron chi connectivity index (χ0n) is 10.9. The van der Waals surface area contributed by atoms with Crippen LogP contribution in [0.5, 0.6) is 5.75 Å². The average molecular weight is 254 g/mol. The molecule has 0 saturated heterocycles. The third-order valence-electron chi connectivity index (χ3n) is 3.39. The zero-order chi connectivity index (χ0) is 12.8. The van der Waals surface area contributed by atoms with Crippen molar-refractivity contribution in [2.75, 3.05) is 7.11 Å². The summed E-state index contributed by atoms with van der Waals surface area (Å²) in [5.41, 5.74) is 8.23. The van der Waals surface area contributed by atoms with Gasteiger partial charge in [0, 0.05) is 21.7 Å². The van der Waals surface area contributed by atoms with Crippen LogP contribution in [0.4, 0.5) is 0 Å². The van der Waals surface area contributed by atoms with Crippen LogP contribution in [0.15, 0.2) is 12.1 Å². The summed E-state index contributed by atoms with van der Waals surface area (Å²) in [5, 5.41) is 0.738. The molecule has 0 atom stereocenters. The highest BCUT2D eigenvalue weighted by molar-refractivity contribution is 6.30. The standard InChI is InChI=1S/C14H20ClNO/c1-13(2,3)10-7-9(15)8-11(12(10)17-4)14(16)5-6-14/h7-8H,5-6,16H2,1-4H3. The molecule has 2 nitrogen and oxygen atoms in total.